The van der Waals surface area contributed by atoms with Gasteiger partial charge in [0.25, 0.3) is 5.91 Å². The van der Waals surface area contributed by atoms with Gasteiger partial charge in [-0.15, -0.1) is 0 Å². The number of hydrogen-bond donors (Lipinski definition) is 1. The van der Waals surface area contributed by atoms with E-state index in [0.29, 0.717) is 22.8 Å². The van der Waals surface area contributed by atoms with Crippen molar-refractivity contribution < 1.29 is 28.5 Å². The van der Waals surface area contributed by atoms with E-state index in [1.54, 1.807) is 12.1 Å². The van der Waals surface area contributed by atoms with Crippen molar-refractivity contribution in [3.63, 3.8) is 0 Å². The summed E-state index contributed by atoms with van der Waals surface area (Å²) in [5.41, 5.74) is 3.23. The third kappa shape index (κ3) is 5.16. The number of anilines is 1. The van der Waals surface area contributed by atoms with E-state index in [-0.39, 0.29) is 13.0 Å². The summed E-state index contributed by atoms with van der Waals surface area (Å²) in [4.78, 5) is 24.3. The van der Waals surface area contributed by atoms with E-state index in [0.717, 1.165) is 16.8 Å². The van der Waals surface area contributed by atoms with E-state index < -0.39 is 11.9 Å². The second-order valence-corrected chi connectivity index (χ2v) is 6.19. The van der Waals surface area contributed by atoms with Crippen LogP contribution in [0.3, 0.4) is 0 Å². The molecule has 0 fully saturated rings. The molecule has 1 N–H and O–H groups in total. The van der Waals surface area contributed by atoms with E-state index in [1.807, 2.05) is 32.0 Å². The highest BCUT2D eigenvalue weighted by molar-refractivity contribution is 5.94. The zero-order valence-electron chi connectivity index (χ0n) is 16.8. The van der Waals surface area contributed by atoms with Crippen LogP contribution in [0.5, 0.6) is 17.2 Å². The topological polar surface area (TPSA) is 83.1 Å². The minimum absolute atomic E-state index is 0.0343. The number of aryl methyl sites for hydroxylation is 2. The van der Waals surface area contributed by atoms with Crippen molar-refractivity contribution in [1.82, 2.24) is 0 Å². The van der Waals surface area contributed by atoms with Crippen LogP contribution in [-0.2, 0) is 20.7 Å². The summed E-state index contributed by atoms with van der Waals surface area (Å²) in [5.74, 6) is 0.395. The maximum Gasteiger partial charge on any atom is 0.310 e. The van der Waals surface area contributed by atoms with Crippen molar-refractivity contribution in [3.05, 3.63) is 47.0 Å². The van der Waals surface area contributed by atoms with E-state index in [2.05, 4.69) is 5.32 Å². The van der Waals surface area contributed by atoms with Gasteiger partial charge in [-0.05, 0) is 42.7 Å². The number of carbonyl (C=O) groups is 2. The van der Waals surface area contributed by atoms with E-state index in [9.17, 15) is 9.59 Å². The van der Waals surface area contributed by atoms with E-state index >= 15 is 0 Å². The summed E-state index contributed by atoms with van der Waals surface area (Å²) in [7, 11) is 4.50. The summed E-state index contributed by atoms with van der Waals surface area (Å²) >= 11 is 0. The lowest BCUT2D eigenvalue weighted by Crippen LogP contribution is -2.22. The standard InChI is InChI=1S/C21H25NO6/c1-13-7-6-8-14(2)20(13)22-18(23)12-28-19(24)11-15-9-16(25-3)21(27-5)17(10-15)26-4/h6-10H,11-12H2,1-5H3,(H,22,23). The number of amides is 1. The molecule has 0 atom stereocenters. The van der Waals surface area contributed by atoms with Crippen LogP contribution in [0.25, 0.3) is 0 Å². The van der Waals surface area contributed by atoms with Crippen LogP contribution in [0, 0.1) is 13.8 Å². The Morgan fingerprint density at radius 3 is 2.00 bits per heavy atom. The Labute approximate surface area is 164 Å². The molecule has 0 aromatic heterocycles. The van der Waals surface area contributed by atoms with Gasteiger partial charge in [0.15, 0.2) is 18.1 Å². The van der Waals surface area contributed by atoms with Gasteiger partial charge in [-0.25, -0.2) is 0 Å². The molecule has 0 saturated heterocycles. The van der Waals surface area contributed by atoms with Crippen LogP contribution in [-0.4, -0.2) is 39.8 Å². The number of hydrogen-bond acceptors (Lipinski definition) is 6. The van der Waals surface area contributed by atoms with Crippen molar-refractivity contribution in [1.29, 1.82) is 0 Å². The monoisotopic (exact) mass is 387 g/mol. The fraction of sp³-hybridized carbons (Fsp3) is 0.333. The van der Waals surface area contributed by atoms with Gasteiger partial charge in [-0.1, -0.05) is 18.2 Å². The number of ether oxygens (including phenoxy) is 4. The first-order valence-corrected chi connectivity index (χ1v) is 8.70. The highest BCUT2D eigenvalue weighted by Crippen LogP contribution is 2.38. The quantitative estimate of drug-likeness (QED) is 0.701. The summed E-state index contributed by atoms with van der Waals surface area (Å²) < 4.78 is 20.9. The van der Waals surface area contributed by atoms with Crippen LogP contribution in [0.4, 0.5) is 5.69 Å². The first kappa shape index (κ1) is 21.1. The summed E-state index contributed by atoms with van der Waals surface area (Å²) in [5, 5.41) is 2.78. The van der Waals surface area contributed by atoms with Gasteiger partial charge in [0.1, 0.15) is 0 Å². The number of methoxy groups -OCH3 is 3. The predicted octanol–water partition coefficient (Wildman–Crippen LogP) is 3.05. The average molecular weight is 387 g/mol. The highest BCUT2D eigenvalue weighted by atomic mass is 16.5. The van der Waals surface area contributed by atoms with Crippen molar-refractivity contribution in [2.24, 2.45) is 0 Å². The number of para-hydroxylation sites is 1. The third-order valence-corrected chi connectivity index (χ3v) is 4.18. The van der Waals surface area contributed by atoms with Crippen LogP contribution < -0.4 is 19.5 Å². The van der Waals surface area contributed by atoms with Crippen LogP contribution in [0.15, 0.2) is 30.3 Å². The van der Waals surface area contributed by atoms with Gasteiger partial charge in [-0.3, -0.25) is 9.59 Å². The van der Waals surface area contributed by atoms with E-state index in [1.165, 1.54) is 21.3 Å². The molecule has 2 rings (SSSR count). The van der Waals surface area contributed by atoms with Gasteiger partial charge >= 0.3 is 5.97 Å². The van der Waals surface area contributed by atoms with Crippen LogP contribution in [0.2, 0.25) is 0 Å². The molecule has 1 amide bonds. The summed E-state index contributed by atoms with van der Waals surface area (Å²) in [6.07, 6.45) is -0.0343. The normalized spacial score (nSPS) is 10.2. The average Bonchev–Trinajstić information content (AvgIpc) is 2.68. The van der Waals surface area contributed by atoms with Gasteiger partial charge in [0.05, 0.1) is 27.8 Å². The molecule has 2 aromatic carbocycles. The molecule has 0 aliphatic carbocycles. The van der Waals surface area contributed by atoms with Crippen molar-refractivity contribution in [3.8, 4) is 17.2 Å². The molecule has 0 aliphatic rings. The SMILES string of the molecule is COc1cc(CC(=O)OCC(=O)Nc2c(C)cccc2C)cc(OC)c1OC. The van der Waals surface area contributed by atoms with Crippen LogP contribution in [0.1, 0.15) is 16.7 Å². The van der Waals surface area contributed by atoms with Crippen LogP contribution >= 0.6 is 0 Å². The van der Waals surface area contributed by atoms with E-state index in [4.69, 9.17) is 18.9 Å². The maximum absolute atomic E-state index is 12.1. The zero-order chi connectivity index (χ0) is 20.7. The maximum atomic E-state index is 12.1. The van der Waals surface area contributed by atoms with Crippen molar-refractivity contribution in [2.75, 3.05) is 33.3 Å². The molecule has 0 spiro atoms. The molecule has 28 heavy (non-hydrogen) atoms. The molecule has 0 saturated carbocycles. The first-order chi connectivity index (χ1) is 13.4. The molecule has 7 heteroatoms. The smallest absolute Gasteiger partial charge is 0.310 e. The van der Waals surface area contributed by atoms with Crippen molar-refractivity contribution in [2.45, 2.75) is 20.3 Å². The molecular formula is C21H25NO6. The molecule has 0 radical (unpaired) electrons. The molecule has 0 bridgehead atoms. The number of esters is 1. The lowest BCUT2D eigenvalue weighted by atomic mass is 10.1. The Balaban J connectivity index is 1.98. The lowest BCUT2D eigenvalue weighted by Gasteiger charge is -2.14. The first-order valence-electron chi connectivity index (χ1n) is 8.70. The Hall–Kier alpha value is -3.22. The molecule has 150 valence electrons. The lowest BCUT2D eigenvalue weighted by molar-refractivity contribution is -0.146. The predicted molar refractivity (Wildman–Crippen MR) is 105 cm³/mol. The molecule has 0 unspecified atom stereocenters. The molecular weight excluding hydrogens is 362 g/mol. The zero-order valence-corrected chi connectivity index (χ0v) is 16.8. The fourth-order valence-corrected chi connectivity index (χ4v) is 2.79. The number of carbonyl (C=O) groups excluding carboxylic acids is 2. The molecule has 0 aliphatic heterocycles. The minimum atomic E-state index is -0.536. The van der Waals surface area contributed by atoms with Gasteiger partial charge in [0, 0.05) is 5.69 Å². The molecule has 2 aromatic rings. The largest absolute Gasteiger partial charge is 0.493 e. The van der Waals surface area contributed by atoms with Gasteiger partial charge in [-0.2, -0.15) is 0 Å². The highest BCUT2D eigenvalue weighted by Gasteiger charge is 2.16. The molecule has 0 heterocycles. The second-order valence-electron chi connectivity index (χ2n) is 6.19. The minimum Gasteiger partial charge on any atom is -0.493 e. The number of benzene rings is 2. The number of nitrogens with one attached hydrogen (secondary N) is 1. The Morgan fingerprint density at radius 2 is 1.50 bits per heavy atom. The Bertz CT molecular complexity index is 817. The summed E-state index contributed by atoms with van der Waals surface area (Å²) in [6, 6.07) is 9.05. The Morgan fingerprint density at radius 1 is 0.929 bits per heavy atom. The fourth-order valence-electron chi connectivity index (χ4n) is 2.79. The number of rotatable bonds is 8. The summed E-state index contributed by atoms with van der Waals surface area (Å²) in [6.45, 7) is 3.44. The Kier molecular flexibility index (Phi) is 7.26. The third-order valence-electron chi connectivity index (χ3n) is 4.18. The second kappa shape index (κ2) is 9.64. The van der Waals surface area contributed by atoms with Crippen molar-refractivity contribution >= 4 is 17.6 Å². The van der Waals surface area contributed by atoms with Gasteiger partial charge in [0.2, 0.25) is 5.75 Å². The molecule has 7 nitrogen and oxygen atoms in total. The van der Waals surface area contributed by atoms with Gasteiger partial charge < -0.3 is 24.3 Å².